The van der Waals surface area contributed by atoms with E-state index >= 15 is 0 Å². The van der Waals surface area contributed by atoms with Crippen LogP contribution in [0.15, 0.2) is 17.2 Å². The Hall–Kier alpha value is -1.40. The van der Waals surface area contributed by atoms with Gasteiger partial charge in [-0.25, -0.2) is 4.98 Å². The molecule has 0 amide bonds. The van der Waals surface area contributed by atoms with E-state index in [1.807, 2.05) is 20.8 Å². The van der Waals surface area contributed by atoms with Crippen LogP contribution in [-0.4, -0.2) is 53.8 Å². The average Bonchev–Trinajstić information content (AvgIpc) is 2.36. The number of hydrogen-bond donors (Lipinski definition) is 1. The SMILES string of the molecule is CN1CCOC(CNc2nccn(C(C)(C)C)c2=O)C1. The van der Waals surface area contributed by atoms with Crippen molar-refractivity contribution in [1.29, 1.82) is 0 Å². The van der Waals surface area contributed by atoms with Gasteiger partial charge in [-0.2, -0.15) is 0 Å². The van der Waals surface area contributed by atoms with Crippen LogP contribution in [0.3, 0.4) is 0 Å². The Balaban J connectivity index is 2.05. The number of aromatic nitrogens is 2. The van der Waals surface area contributed by atoms with E-state index in [-0.39, 0.29) is 17.2 Å². The zero-order valence-corrected chi connectivity index (χ0v) is 12.7. The highest BCUT2D eigenvalue weighted by Gasteiger charge is 2.20. The van der Waals surface area contributed by atoms with E-state index in [9.17, 15) is 4.79 Å². The number of hydrogen-bond acceptors (Lipinski definition) is 5. The Bertz CT molecular complexity index is 507. The van der Waals surface area contributed by atoms with Crippen molar-refractivity contribution in [2.75, 3.05) is 38.6 Å². The van der Waals surface area contributed by atoms with E-state index in [2.05, 4.69) is 22.2 Å². The first-order valence-electron chi connectivity index (χ1n) is 7.00. The molecule has 0 spiro atoms. The van der Waals surface area contributed by atoms with Gasteiger partial charge < -0.3 is 19.5 Å². The quantitative estimate of drug-likeness (QED) is 0.885. The minimum atomic E-state index is -0.252. The average molecular weight is 280 g/mol. The summed E-state index contributed by atoms with van der Waals surface area (Å²) in [6.45, 7) is 9.15. The Labute approximate surface area is 119 Å². The summed E-state index contributed by atoms with van der Waals surface area (Å²) in [4.78, 5) is 18.7. The third kappa shape index (κ3) is 3.58. The number of rotatable bonds is 3. The second kappa shape index (κ2) is 5.93. The minimum Gasteiger partial charge on any atom is -0.374 e. The smallest absolute Gasteiger partial charge is 0.293 e. The largest absolute Gasteiger partial charge is 0.374 e. The van der Waals surface area contributed by atoms with Crippen molar-refractivity contribution >= 4 is 5.82 Å². The molecule has 112 valence electrons. The van der Waals surface area contributed by atoms with Crippen molar-refractivity contribution in [3.05, 3.63) is 22.7 Å². The molecule has 0 saturated carbocycles. The maximum atomic E-state index is 12.3. The highest BCUT2D eigenvalue weighted by atomic mass is 16.5. The molecule has 2 heterocycles. The topological polar surface area (TPSA) is 59.4 Å². The van der Waals surface area contributed by atoms with E-state index in [4.69, 9.17) is 4.74 Å². The van der Waals surface area contributed by atoms with Crippen LogP contribution in [0.1, 0.15) is 20.8 Å². The molecule has 0 aliphatic carbocycles. The molecular formula is C14H24N4O2. The van der Waals surface area contributed by atoms with Crippen LogP contribution in [0, 0.1) is 0 Å². The van der Waals surface area contributed by atoms with Crippen molar-refractivity contribution in [3.8, 4) is 0 Å². The number of nitrogens with zero attached hydrogens (tertiary/aromatic N) is 3. The van der Waals surface area contributed by atoms with Crippen LogP contribution in [0.25, 0.3) is 0 Å². The van der Waals surface area contributed by atoms with Crippen LogP contribution in [0.2, 0.25) is 0 Å². The fourth-order valence-electron chi connectivity index (χ4n) is 2.26. The first-order chi connectivity index (χ1) is 9.38. The summed E-state index contributed by atoms with van der Waals surface area (Å²) >= 11 is 0. The second-order valence-electron chi connectivity index (χ2n) is 6.26. The van der Waals surface area contributed by atoms with E-state index in [0.717, 1.165) is 19.7 Å². The van der Waals surface area contributed by atoms with Crippen molar-refractivity contribution in [1.82, 2.24) is 14.5 Å². The monoisotopic (exact) mass is 280 g/mol. The maximum absolute atomic E-state index is 12.3. The van der Waals surface area contributed by atoms with Gasteiger partial charge in [0.15, 0.2) is 5.82 Å². The third-order valence-electron chi connectivity index (χ3n) is 3.40. The lowest BCUT2D eigenvalue weighted by molar-refractivity contribution is -0.0117. The third-order valence-corrected chi connectivity index (χ3v) is 3.40. The Morgan fingerprint density at radius 1 is 1.50 bits per heavy atom. The summed E-state index contributed by atoms with van der Waals surface area (Å²) in [5.41, 5.74) is -0.345. The summed E-state index contributed by atoms with van der Waals surface area (Å²) in [5.74, 6) is 0.388. The van der Waals surface area contributed by atoms with E-state index < -0.39 is 0 Å². The van der Waals surface area contributed by atoms with Gasteiger partial charge in [-0.3, -0.25) is 4.79 Å². The summed E-state index contributed by atoms with van der Waals surface area (Å²) in [5, 5.41) is 3.12. The molecule has 1 aromatic heterocycles. The predicted octanol–water partition coefficient (Wildman–Crippen LogP) is 0.741. The van der Waals surface area contributed by atoms with Crippen LogP contribution in [0.5, 0.6) is 0 Å². The summed E-state index contributed by atoms with van der Waals surface area (Å²) in [6.07, 6.45) is 3.47. The molecule has 1 saturated heterocycles. The molecule has 0 bridgehead atoms. The lowest BCUT2D eigenvalue weighted by atomic mass is 10.1. The number of likely N-dealkylation sites (N-methyl/N-ethyl adjacent to an activating group) is 1. The first kappa shape index (κ1) is 15.0. The molecule has 1 aliphatic heterocycles. The van der Waals surface area contributed by atoms with Crippen molar-refractivity contribution in [2.24, 2.45) is 0 Å². The van der Waals surface area contributed by atoms with Crippen LogP contribution < -0.4 is 10.9 Å². The second-order valence-corrected chi connectivity index (χ2v) is 6.26. The number of morpholine rings is 1. The van der Waals surface area contributed by atoms with E-state index in [1.54, 1.807) is 17.0 Å². The molecule has 1 aromatic rings. The molecule has 2 rings (SSSR count). The molecule has 0 aromatic carbocycles. The van der Waals surface area contributed by atoms with Gasteiger partial charge in [0.25, 0.3) is 5.56 Å². The summed E-state index contributed by atoms with van der Waals surface area (Å²) in [6, 6.07) is 0. The van der Waals surface area contributed by atoms with Gasteiger partial charge in [0, 0.05) is 37.6 Å². The molecule has 20 heavy (non-hydrogen) atoms. The lowest BCUT2D eigenvalue weighted by Crippen LogP contribution is -2.44. The Kier molecular flexibility index (Phi) is 4.45. The van der Waals surface area contributed by atoms with Gasteiger partial charge in [-0.15, -0.1) is 0 Å². The normalized spacial score (nSPS) is 20.9. The van der Waals surface area contributed by atoms with Gasteiger partial charge in [0.2, 0.25) is 0 Å². The Morgan fingerprint density at radius 3 is 2.90 bits per heavy atom. The van der Waals surface area contributed by atoms with Crippen LogP contribution in [-0.2, 0) is 10.3 Å². The van der Waals surface area contributed by atoms with Crippen molar-refractivity contribution in [3.63, 3.8) is 0 Å². The number of ether oxygens (including phenoxy) is 1. The van der Waals surface area contributed by atoms with E-state index in [1.165, 1.54) is 0 Å². The molecule has 1 fully saturated rings. The number of anilines is 1. The molecule has 0 radical (unpaired) electrons. The zero-order valence-electron chi connectivity index (χ0n) is 12.7. The highest BCUT2D eigenvalue weighted by molar-refractivity contribution is 5.31. The molecule has 6 nitrogen and oxygen atoms in total. The standard InChI is InChI=1S/C14H24N4O2/c1-14(2,3)18-6-5-15-12(13(18)19)16-9-11-10-17(4)7-8-20-11/h5-6,11H,7-10H2,1-4H3,(H,15,16). The molecule has 1 aliphatic rings. The minimum absolute atomic E-state index is 0.0934. The predicted molar refractivity (Wildman–Crippen MR) is 79.2 cm³/mol. The zero-order chi connectivity index (χ0) is 14.8. The summed E-state index contributed by atoms with van der Waals surface area (Å²) in [7, 11) is 2.07. The van der Waals surface area contributed by atoms with Crippen LogP contribution >= 0.6 is 0 Å². The van der Waals surface area contributed by atoms with Crippen LogP contribution in [0.4, 0.5) is 5.82 Å². The first-order valence-corrected chi connectivity index (χ1v) is 7.00. The molecule has 1 atom stereocenters. The molecule has 1 N–H and O–H groups in total. The van der Waals surface area contributed by atoms with Gasteiger partial charge in [-0.1, -0.05) is 0 Å². The molecular weight excluding hydrogens is 256 g/mol. The van der Waals surface area contributed by atoms with Gasteiger partial charge >= 0.3 is 0 Å². The Morgan fingerprint density at radius 2 is 2.25 bits per heavy atom. The summed E-state index contributed by atoms with van der Waals surface area (Å²) < 4.78 is 7.36. The van der Waals surface area contributed by atoms with Crippen molar-refractivity contribution in [2.45, 2.75) is 32.4 Å². The molecule has 1 unspecified atom stereocenters. The highest BCUT2D eigenvalue weighted by Crippen LogP contribution is 2.11. The van der Waals surface area contributed by atoms with Gasteiger partial charge in [0.1, 0.15) is 0 Å². The van der Waals surface area contributed by atoms with Gasteiger partial charge in [0.05, 0.1) is 12.7 Å². The fourth-order valence-corrected chi connectivity index (χ4v) is 2.26. The van der Waals surface area contributed by atoms with Crippen molar-refractivity contribution < 1.29 is 4.74 Å². The fraction of sp³-hybridized carbons (Fsp3) is 0.714. The lowest BCUT2D eigenvalue weighted by Gasteiger charge is -2.30. The van der Waals surface area contributed by atoms with Gasteiger partial charge in [-0.05, 0) is 27.8 Å². The maximum Gasteiger partial charge on any atom is 0.293 e. The number of nitrogens with one attached hydrogen (secondary N) is 1. The molecule has 6 heteroatoms. The van der Waals surface area contributed by atoms with E-state index in [0.29, 0.717) is 12.4 Å².